The highest BCUT2D eigenvalue weighted by Crippen LogP contribution is 2.41. The number of aliphatic hydroxyl groups is 1. The fourth-order valence-electron chi connectivity index (χ4n) is 2.00. The molecule has 2 rings (SSSR count). The molecular weight excluding hydrogens is 344 g/mol. The average molecular weight is 355 g/mol. The van der Waals surface area contributed by atoms with Gasteiger partial charge in [-0.2, -0.15) is 0 Å². The van der Waals surface area contributed by atoms with Crippen molar-refractivity contribution in [2.45, 2.75) is 12.0 Å². The van der Waals surface area contributed by atoms with E-state index in [4.69, 9.17) is 40.5 Å². The number of thiophene rings is 1. The Morgan fingerprint density at radius 2 is 1.95 bits per heavy atom. The highest BCUT2D eigenvalue weighted by Gasteiger charge is 2.27. The second-order valence-electron chi connectivity index (χ2n) is 4.21. The van der Waals surface area contributed by atoms with E-state index in [0.717, 1.165) is 11.3 Å². The van der Waals surface area contributed by atoms with Crippen LogP contribution in [0.5, 0.6) is 0 Å². The van der Waals surface area contributed by atoms with Crippen molar-refractivity contribution in [3.05, 3.63) is 54.9 Å². The van der Waals surface area contributed by atoms with Crippen molar-refractivity contribution in [1.82, 2.24) is 0 Å². The first kappa shape index (κ1) is 16.0. The summed E-state index contributed by atoms with van der Waals surface area (Å²) in [4.78, 5) is 0. The molecule has 2 atom stereocenters. The van der Waals surface area contributed by atoms with Crippen LogP contribution in [0.25, 0.3) is 0 Å². The number of halogens is 4. The summed E-state index contributed by atoms with van der Waals surface area (Å²) in [6.45, 7) is 0.0439. The van der Waals surface area contributed by atoms with Crippen LogP contribution in [0.3, 0.4) is 0 Å². The molecule has 1 aromatic heterocycles. The van der Waals surface area contributed by atoms with Crippen molar-refractivity contribution in [2.75, 3.05) is 6.54 Å². The third-order valence-electron chi connectivity index (χ3n) is 3.02. The van der Waals surface area contributed by atoms with E-state index in [1.54, 1.807) is 18.2 Å². The van der Waals surface area contributed by atoms with Crippen LogP contribution in [0, 0.1) is 5.82 Å². The Labute approximate surface area is 134 Å². The molecule has 0 aliphatic carbocycles. The standard InChI is InChI=1S/C13H11Cl3FNOS/c14-9-3-1-2-6(11(9)17)8(5-18)12(19)7-4-10(15)20-13(7)16/h1-4,8,12,19H,5,18H2. The van der Waals surface area contributed by atoms with Gasteiger partial charge in [-0.05, 0) is 17.7 Å². The molecule has 0 aliphatic rings. The maximum absolute atomic E-state index is 14.1. The highest BCUT2D eigenvalue weighted by atomic mass is 35.5. The van der Waals surface area contributed by atoms with E-state index < -0.39 is 17.8 Å². The van der Waals surface area contributed by atoms with E-state index >= 15 is 0 Å². The molecule has 20 heavy (non-hydrogen) atoms. The predicted octanol–water partition coefficient (Wildman–Crippen LogP) is 4.62. The minimum Gasteiger partial charge on any atom is -0.388 e. The molecule has 2 nitrogen and oxygen atoms in total. The van der Waals surface area contributed by atoms with Crippen LogP contribution < -0.4 is 5.73 Å². The molecule has 1 aromatic carbocycles. The second-order valence-corrected chi connectivity index (χ2v) is 6.90. The lowest BCUT2D eigenvalue weighted by atomic mass is 9.90. The molecule has 7 heteroatoms. The molecule has 0 saturated carbocycles. The molecular formula is C13H11Cl3FNOS. The van der Waals surface area contributed by atoms with Crippen LogP contribution in [0.2, 0.25) is 13.7 Å². The van der Waals surface area contributed by atoms with Crippen LogP contribution in [0.15, 0.2) is 24.3 Å². The molecule has 1 heterocycles. The second kappa shape index (κ2) is 6.60. The highest BCUT2D eigenvalue weighted by molar-refractivity contribution is 7.20. The molecule has 3 N–H and O–H groups in total. The van der Waals surface area contributed by atoms with Crippen LogP contribution in [0.4, 0.5) is 4.39 Å². The lowest BCUT2D eigenvalue weighted by Crippen LogP contribution is -2.21. The molecule has 108 valence electrons. The number of nitrogens with two attached hydrogens (primary N) is 1. The Kier molecular flexibility index (Phi) is 5.29. The van der Waals surface area contributed by atoms with Crippen molar-refractivity contribution in [1.29, 1.82) is 0 Å². The first-order valence-electron chi connectivity index (χ1n) is 5.72. The van der Waals surface area contributed by atoms with Gasteiger partial charge < -0.3 is 10.8 Å². The van der Waals surface area contributed by atoms with Crippen molar-refractivity contribution >= 4 is 46.1 Å². The molecule has 0 spiro atoms. The van der Waals surface area contributed by atoms with Crippen molar-refractivity contribution in [3.63, 3.8) is 0 Å². The van der Waals surface area contributed by atoms with Crippen LogP contribution in [-0.4, -0.2) is 11.7 Å². The Bertz CT molecular complexity index is 620. The summed E-state index contributed by atoms with van der Waals surface area (Å²) in [7, 11) is 0. The number of aliphatic hydroxyl groups excluding tert-OH is 1. The Morgan fingerprint density at radius 1 is 1.25 bits per heavy atom. The zero-order chi connectivity index (χ0) is 14.9. The number of benzene rings is 1. The fraction of sp³-hybridized carbons (Fsp3) is 0.231. The van der Waals surface area contributed by atoms with Crippen molar-refractivity contribution < 1.29 is 9.50 Å². The lowest BCUT2D eigenvalue weighted by molar-refractivity contribution is 0.146. The zero-order valence-electron chi connectivity index (χ0n) is 10.1. The number of hydrogen-bond donors (Lipinski definition) is 2. The molecule has 0 saturated heterocycles. The quantitative estimate of drug-likeness (QED) is 0.841. The Hall–Kier alpha value is -0.360. The zero-order valence-corrected chi connectivity index (χ0v) is 13.2. The molecule has 2 aromatic rings. The molecule has 0 aliphatic heterocycles. The van der Waals surface area contributed by atoms with Gasteiger partial charge in [-0.25, -0.2) is 4.39 Å². The van der Waals surface area contributed by atoms with E-state index in [1.165, 1.54) is 6.07 Å². The van der Waals surface area contributed by atoms with Crippen molar-refractivity contribution in [2.24, 2.45) is 5.73 Å². The van der Waals surface area contributed by atoms with Gasteiger partial charge in [0.05, 0.1) is 15.5 Å². The summed E-state index contributed by atoms with van der Waals surface area (Å²) in [5.74, 6) is -1.24. The summed E-state index contributed by atoms with van der Waals surface area (Å²) in [5, 5.41) is 10.4. The van der Waals surface area contributed by atoms with Gasteiger partial charge >= 0.3 is 0 Å². The van der Waals surface area contributed by atoms with Gasteiger partial charge in [0.25, 0.3) is 0 Å². The average Bonchev–Trinajstić information content (AvgIpc) is 2.74. The van der Waals surface area contributed by atoms with Crippen LogP contribution in [-0.2, 0) is 0 Å². The SMILES string of the molecule is NCC(c1cccc(Cl)c1F)C(O)c1cc(Cl)sc1Cl. The first-order chi connectivity index (χ1) is 9.45. The van der Waals surface area contributed by atoms with Gasteiger partial charge in [-0.1, -0.05) is 46.9 Å². The fourth-order valence-corrected chi connectivity index (χ4v) is 3.72. The third-order valence-corrected chi connectivity index (χ3v) is 4.83. The number of hydrogen-bond acceptors (Lipinski definition) is 3. The third kappa shape index (κ3) is 3.11. The van der Waals surface area contributed by atoms with E-state index in [2.05, 4.69) is 0 Å². The summed E-state index contributed by atoms with van der Waals surface area (Å²) >= 11 is 18.8. The van der Waals surface area contributed by atoms with Gasteiger partial charge in [0.2, 0.25) is 0 Å². The van der Waals surface area contributed by atoms with E-state index in [-0.39, 0.29) is 17.1 Å². The Morgan fingerprint density at radius 3 is 2.50 bits per heavy atom. The first-order valence-corrected chi connectivity index (χ1v) is 7.67. The van der Waals surface area contributed by atoms with Gasteiger partial charge in [0.1, 0.15) is 10.2 Å². The Balaban J connectivity index is 2.42. The maximum Gasteiger partial charge on any atom is 0.145 e. The topological polar surface area (TPSA) is 46.2 Å². The maximum atomic E-state index is 14.1. The van der Waals surface area contributed by atoms with Crippen LogP contribution in [0.1, 0.15) is 23.1 Å². The molecule has 0 radical (unpaired) electrons. The summed E-state index contributed by atoms with van der Waals surface area (Å²) in [6, 6.07) is 6.15. The summed E-state index contributed by atoms with van der Waals surface area (Å²) < 4.78 is 14.9. The van der Waals surface area contributed by atoms with Gasteiger partial charge in [-0.15, -0.1) is 11.3 Å². The number of rotatable bonds is 4. The van der Waals surface area contributed by atoms with Gasteiger partial charge in [0.15, 0.2) is 0 Å². The molecule has 0 fully saturated rings. The monoisotopic (exact) mass is 353 g/mol. The minimum absolute atomic E-state index is 0.0115. The smallest absolute Gasteiger partial charge is 0.145 e. The summed E-state index contributed by atoms with van der Waals surface area (Å²) in [5.41, 5.74) is 6.37. The van der Waals surface area contributed by atoms with E-state index in [9.17, 15) is 9.50 Å². The molecule has 0 amide bonds. The summed E-state index contributed by atoms with van der Waals surface area (Å²) in [6.07, 6.45) is -1.05. The van der Waals surface area contributed by atoms with E-state index in [1.807, 2.05) is 0 Å². The largest absolute Gasteiger partial charge is 0.388 e. The van der Waals surface area contributed by atoms with Crippen LogP contribution >= 0.6 is 46.1 Å². The molecule has 2 unspecified atom stereocenters. The molecule has 0 bridgehead atoms. The predicted molar refractivity (Wildman–Crippen MR) is 82.5 cm³/mol. The van der Waals surface area contributed by atoms with Gasteiger partial charge in [0, 0.05) is 18.0 Å². The van der Waals surface area contributed by atoms with E-state index in [0.29, 0.717) is 14.2 Å². The minimum atomic E-state index is -1.05. The lowest BCUT2D eigenvalue weighted by Gasteiger charge is -2.22. The van der Waals surface area contributed by atoms with Gasteiger partial charge in [-0.3, -0.25) is 0 Å². The van der Waals surface area contributed by atoms with Crippen molar-refractivity contribution in [3.8, 4) is 0 Å². The normalized spacial score (nSPS) is 14.3.